The highest BCUT2D eigenvalue weighted by Gasteiger charge is 2.32. The van der Waals surface area contributed by atoms with Crippen LogP contribution in [0, 0.1) is 6.92 Å². The minimum atomic E-state index is -3.34. The van der Waals surface area contributed by atoms with Crippen LogP contribution in [-0.2, 0) is 9.84 Å². The van der Waals surface area contributed by atoms with Crippen LogP contribution in [0.5, 0.6) is 0 Å². The number of aromatic nitrogens is 4. The molecule has 1 N–H and O–H groups in total. The van der Waals surface area contributed by atoms with Crippen molar-refractivity contribution in [3.63, 3.8) is 0 Å². The van der Waals surface area contributed by atoms with Gasteiger partial charge in [-0.15, -0.1) is 0 Å². The molecular weight excluding hydrogens is 318 g/mol. The highest BCUT2D eigenvalue weighted by molar-refractivity contribution is 7.90. The van der Waals surface area contributed by atoms with Gasteiger partial charge in [-0.3, -0.25) is 9.89 Å². The topological polar surface area (TPSA) is 109 Å². The quantitative estimate of drug-likeness (QED) is 0.877. The monoisotopic (exact) mass is 335 g/mol. The van der Waals surface area contributed by atoms with Crippen LogP contribution in [0.4, 0.5) is 0 Å². The SMILES string of the molecule is Cc1ncncc1C(=O)N1CC[C@@H](c2[nH]ncc2S(C)(=O)=O)C1. The van der Waals surface area contributed by atoms with Crippen molar-refractivity contribution in [3.05, 3.63) is 35.7 Å². The first-order valence-electron chi connectivity index (χ1n) is 7.17. The molecule has 1 amide bonds. The van der Waals surface area contributed by atoms with E-state index >= 15 is 0 Å². The Hall–Kier alpha value is -2.29. The van der Waals surface area contributed by atoms with Crippen LogP contribution < -0.4 is 0 Å². The van der Waals surface area contributed by atoms with Crippen molar-refractivity contribution in [2.24, 2.45) is 0 Å². The average Bonchev–Trinajstić information content (AvgIpc) is 3.15. The summed E-state index contributed by atoms with van der Waals surface area (Å²) in [5.41, 5.74) is 1.68. The van der Waals surface area contributed by atoms with Crippen molar-refractivity contribution in [1.82, 2.24) is 25.1 Å². The Morgan fingerprint density at radius 2 is 2.17 bits per heavy atom. The molecule has 122 valence electrons. The number of hydrogen-bond donors (Lipinski definition) is 1. The summed E-state index contributed by atoms with van der Waals surface area (Å²) in [6, 6.07) is 0. The van der Waals surface area contributed by atoms with Gasteiger partial charge in [0.1, 0.15) is 11.2 Å². The lowest BCUT2D eigenvalue weighted by atomic mass is 10.1. The maximum atomic E-state index is 12.6. The first kappa shape index (κ1) is 15.6. The molecule has 1 aliphatic heterocycles. The molecule has 3 heterocycles. The molecule has 2 aromatic rings. The molecule has 1 fully saturated rings. The maximum Gasteiger partial charge on any atom is 0.257 e. The Morgan fingerprint density at radius 1 is 1.39 bits per heavy atom. The summed E-state index contributed by atoms with van der Waals surface area (Å²) < 4.78 is 23.6. The molecule has 23 heavy (non-hydrogen) atoms. The van der Waals surface area contributed by atoms with Crippen LogP contribution in [0.15, 0.2) is 23.6 Å². The van der Waals surface area contributed by atoms with E-state index in [4.69, 9.17) is 0 Å². The number of likely N-dealkylation sites (tertiary alicyclic amines) is 1. The molecule has 1 atom stereocenters. The third kappa shape index (κ3) is 2.96. The Balaban J connectivity index is 1.81. The second-order valence-electron chi connectivity index (χ2n) is 5.68. The summed E-state index contributed by atoms with van der Waals surface area (Å²) in [5, 5.41) is 6.62. The molecule has 0 radical (unpaired) electrons. The zero-order valence-electron chi connectivity index (χ0n) is 12.9. The molecule has 0 spiro atoms. The van der Waals surface area contributed by atoms with Crippen LogP contribution in [0.25, 0.3) is 0 Å². The van der Waals surface area contributed by atoms with Gasteiger partial charge in [-0.2, -0.15) is 5.10 Å². The molecule has 0 unspecified atom stereocenters. The van der Waals surface area contributed by atoms with Gasteiger partial charge >= 0.3 is 0 Å². The van der Waals surface area contributed by atoms with Crippen molar-refractivity contribution in [2.75, 3.05) is 19.3 Å². The summed E-state index contributed by atoms with van der Waals surface area (Å²) in [6.45, 7) is 2.76. The fraction of sp³-hybridized carbons (Fsp3) is 0.429. The van der Waals surface area contributed by atoms with Gasteiger partial charge in [0, 0.05) is 31.5 Å². The fourth-order valence-corrected chi connectivity index (χ4v) is 3.68. The Labute approximate surface area is 133 Å². The number of nitrogens with zero attached hydrogens (tertiary/aromatic N) is 4. The van der Waals surface area contributed by atoms with E-state index in [0.29, 0.717) is 36.5 Å². The molecule has 8 nitrogen and oxygen atoms in total. The van der Waals surface area contributed by atoms with E-state index in [9.17, 15) is 13.2 Å². The van der Waals surface area contributed by atoms with Gasteiger partial charge in [0.25, 0.3) is 5.91 Å². The van der Waals surface area contributed by atoms with E-state index in [2.05, 4.69) is 20.2 Å². The Morgan fingerprint density at radius 3 is 2.87 bits per heavy atom. The summed E-state index contributed by atoms with van der Waals surface area (Å²) in [4.78, 5) is 22.4. The summed E-state index contributed by atoms with van der Waals surface area (Å²) in [6.07, 6.45) is 6.08. The van der Waals surface area contributed by atoms with E-state index in [1.165, 1.54) is 18.7 Å². The van der Waals surface area contributed by atoms with Crippen molar-refractivity contribution >= 4 is 15.7 Å². The molecule has 0 saturated carbocycles. The predicted molar refractivity (Wildman–Crippen MR) is 81.7 cm³/mol. The smallest absolute Gasteiger partial charge is 0.257 e. The minimum absolute atomic E-state index is 0.0730. The van der Waals surface area contributed by atoms with Gasteiger partial charge in [0.15, 0.2) is 9.84 Å². The van der Waals surface area contributed by atoms with E-state index in [1.807, 2.05) is 0 Å². The third-order valence-electron chi connectivity index (χ3n) is 4.06. The van der Waals surface area contributed by atoms with Crippen molar-refractivity contribution in [1.29, 1.82) is 0 Å². The molecule has 2 aromatic heterocycles. The fourth-order valence-electron chi connectivity index (χ4n) is 2.82. The second-order valence-corrected chi connectivity index (χ2v) is 7.66. The second kappa shape index (κ2) is 5.73. The molecule has 9 heteroatoms. The van der Waals surface area contributed by atoms with Gasteiger partial charge < -0.3 is 4.90 Å². The molecule has 0 aromatic carbocycles. The largest absolute Gasteiger partial charge is 0.338 e. The highest BCUT2D eigenvalue weighted by Crippen LogP contribution is 2.30. The number of H-pyrrole nitrogens is 1. The van der Waals surface area contributed by atoms with E-state index in [0.717, 1.165) is 6.26 Å². The Bertz CT molecular complexity index is 846. The normalized spacial score (nSPS) is 18.3. The van der Waals surface area contributed by atoms with E-state index in [-0.39, 0.29) is 16.7 Å². The number of aryl methyl sites for hydroxylation is 1. The number of hydrogen-bond acceptors (Lipinski definition) is 6. The summed E-state index contributed by atoms with van der Waals surface area (Å²) >= 11 is 0. The molecule has 1 aliphatic rings. The van der Waals surface area contributed by atoms with Crippen molar-refractivity contribution < 1.29 is 13.2 Å². The number of nitrogens with one attached hydrogen (secondary N) is 1. The van der Waals surface area contributed by atoms with Gasteiger partial charge in [-0.05, 0) is 13.3 Å². The lowest BCUT2D eigenvalue weighted by Crippen LogP contribution is -2.29. The third-order valence-corrected chi connectivity index (χ3v) is 5.18. The van der Waals surface area contributed by atoms with E-state index in [1.54, 1.807) is 11.8 Å². The van der Waals surface area contributed by atoms with Crippen LogP contribution >= 0.6 is 0 Å². The number of amides is 1. The number of carbonyl (C=O) groups excluding carboxylic acids is 1. The van der Waals surface area contributed by atoms with Gasteiger partial charge in [-0.25, -0.2) is 18.4 Å². The molecule has 3 rings (SSSR count). The van der Waals surface area contributed by atoms with Gasteiger partial charge in [-0.1, -0.05) is 0 Å². The summed E-state index contributed by atoms with van der Waals surface area (Å²) in [5.74, 6) is -0.206. The lowest BCUT2D eigenvalue weighted by molar-refractivity contribution is 0.0789. The van der Waals surface area contributed by atoms with Crippen LogP contribution in [0.1, 0.15) is 34.1 Å². The molecular formula is C14H17N5O3S. The maximum absolute atomic E-state index is 12.6. The average molecular weight is 335 g/mol. The van der Waals surface area contributed by atoms with E-state index < -0.39 is 9.84 Å². The Kier molecular flexibility index (Phi) is 3.88. The first-order valence-corrected chi connectivity index (χ1v) is 9.06. The van der Waals surface area contributed by atoms with Crippen LogP contribution in [0.2, 0.25) is 0 Å². The van der Waals surface area contributed by atoms with Crippen molar-refractivity contribution in [2.45, 2.75) is 24.2 Å². The highest BCUT2D eigenvalue weighted by atomic mass is 32.2. The van der Waals surface area contributed by atoms with Crippen molar-refractivity contribution in [3.8, 4) is 0 Å². The number of rotatable bonds is 3. The first-order chi connectivity index (χ1) is 10.9. The van der Waals surface area contributed by atoms with Gasteiger partial charge in [0.05, 0.1) is 23.1 Å². The number of sulfone groups is 1. The standard InChI is InChI=1S/C14H17N5O3S/c1-9-11(5-15-8-16-9)14(20)19-4-3-10(7-19)13-12(6-17-18-13)23(2,21)22/h5-6,8,10H,3-4,7H2,1-2H3,(H,17,18)/t10-/m1/s1. The number of aromatic amines is 1. The predicted octanol–water partition coefficient (Wildman–Crippen LogP) is 0.541. The van der Waals surface area contributed by atoms with Crippen LogP contribution in [-0.4, -0.2) is 58.7 Å². The van der Waals surface area contributed by atoms with Crippen LogP contribution in [0.3, 0.4) is 0 Å². The number of carbonyl (C=O) groups is 1. The van der Waals surface area contributed by atoms with Gasteiger partial charge in [0.2, 0.25) is 0 Å². The lowest BCUT2D eigenvalue weighted by Gasteiger charge is -2.17. The minimum Gasteiger partial charge on any atom is -0.338 e. The molecule has 1 saturated heterocycles. The molecule has 0 bridgehead atoms. The zero-order chi connectivity index (χ0) is 16.6. The molecule has 0 aliphatic carbocycles. The zero-order valence-corrected chi connectivity index (χ0v) is 13.7. The summed E-state index contributed by atoms with van der Waals surface area (Å²) in [7, 11) is -3.34.